The smallest absolute Gasteiger partial charge is 0.0599 e. The van der Waals surface area contributed by atoms with Crippen molar-refractivity contribution in [1.82, 2.24) is 9.80 Å². The number of nitrogens with zero attached hydrogens (tertiary/aromatic N) is 2. The molecule has 0 saturated carbocycles. The summed E-state index contributed by atoms with van der Waals surface area (Å²) in [6.45, 7) is 12.5. The molecule has 1 atom stereocenters. The number of rotatable bonds is 4. The van der Waals surface area contributed by atoms with Crippen LogP contribution in [0.15, 0.2) is 0 Å². The van der Waals surface area contributed by atoms with Gasteiger partial charge in [-0.15, -0.1) is 0 Å². The average Bonchev–Trinajstić information content (AvgIpc) is 2.13. The van der Waals surface area contributed by atoms with Crippen molar-refractivity contribution in [3.8, 4) is 0 Å². The first kappa shape index (κ1) is 13.9. The number of aliphatic hydroxyl groups is 1. The predicted molar refractivity (Wildman–Crippen MR) is 68.6 cm³/mol. The zero-order valence-corrected chi connectivity index (χ0v) is 11.5. The molecule has 0 aliphatic carbocycles. The number of piperazine rings is 1. The quantitative estimate of drug-likeness (QED) is 0.788. The summed E-state index contributed by atoms with van der Waals surface area (Å²) in [5.41, 5.74) is 0.176. The summed E-state index contributed by atoms with van der Waals surface area (Å²) in [5, 5.41) is 9.51. The SMILES string of the molecule is CC(C)CCN1C(CO)CN(C)CC1(C)C. The Bertz CT molecular complexity index is 216. The summed E-state index contributed by atoms with van der Waals surface area (Å²) in [5.74, 6) is 0.731. The fraction of sp³-hybridized carbons (Fsp3) is 1.00. The van der Waals surface area contributed by atoms with Crippen molar-refractivity contribution in [2.24, 2.45) is 5.92 Å². The highest BCUT2D eigenvalue weighted by molar-refractivity contribution is 4.94. The van der Waals surface area contributed by atoms with Crippen LogP contribution in [0.25, 0.3) is 0 Å². The van der Waals surface area contributed by atoms with E-state index in [-0.39, 0.29) is 12.1 Å². The fourth-order valence-electron chi connectivity index (χ4n) is 2.81. The minimum Gasteiger partial charge on any atom is -0.395 e. The van der Waals surface area contributed by atoms with Gasteiger partial charge in [-0.2, -0.15) is 0 Å². The van der Waals surface area contributed by atoms with Crippen molar-refractivity contribution in [3.63, 3.8) is 0 Å². The van der Waals surface area contributed by atoms with E-state index in [1.807, 2.05) is 0 Å². The van der Waals surface area contributed by atoms with E-state index >= 15 is 0 Å². The molecule has 0 aromatic carbocycles. The van der Waals surface area contributed by atoms with Crippen LogP contribution in [0.2, 0.25) is 0 Å². The summed E-state index contributed by atoms with van der Waals surface area (Å²) in [7, 11) is 2.14. The van der Waals surface area contributed by atoms with E-state index in [2.05, 4.69) is 44.5 Å². The summed E-state index contributed by atoms with van der Waals surface area (Å²) >= 11 is 0. The second kappa shape index (κ2) is 5.48. The summed E-state index contributed by atoms with van der Waals surface area (Å²) < 4.78 is 0. The van der Waals surface area contributed by atoms with Gasteiger partial charge in [0.05, 0.1) is 6.61 Å². The Balaban J connectivity index is 2.67. The molecule has 3 nitrogen and oxygen atoms in total. The topological polar surface area (TPSA) is 26.7 Å². The van der Waals surface area contributed by atoms with E-state index < -0.39 is 0 Å². The lowest BCUT2D eigenvalue weighted by molar-refractivity contribution is -0.0380. The third-order valence-corrected chi connectivity index (χ3v) is 3.56. The maximum absolute atomic E-state index is 9.51. The Morgan fingerprint density at radius 3 is 2.50 bits per heavy atom. The summed E-state index contributed by atoms with van der Waals surface area (Å²) in [6.07, 6.45) is 1.21. The van der Waals surface area contributed by atoms with Gasteiger partial charge in [0.15, 0.2) is 0 Å². The molecule has 0 amide bonds. The van der Waals surface area contributed by atoms with Crippen LogP contribution in [0.5, 0.6) is 0 Å². The molecule has 96 valence electrons. The molecule has 3 heteroatoms. The van der Waals surface area contributed by atoms with Crippen LogP contribution < -0.4 is 0 Å². The van der Waals surface area contributed by atoms with E-state index in [9.17, 15) is 5.11 Å². The molecule has 1 rings (SSSR count). The normalized spacial score (nSPS) is 27.6. The van der Waals surface area contributed by atoms with Crippen LogP contribution in [0.1, 0.15) is 34.1 Å². The van der Waals surface area contributed by atoms with Gasteiger partial charge in [0.1, 0.15) is 0 Å². The Morgan fingerprint density at radius 1 is 1.38 bits per heavy atom. The highest BCUT2D eigenvalue weighted by Gasteiger charge is 2.37. The van der Waals surface area contributed by atoms with Gasteiger partial charge in [-0.3, -0.25) is 4.90 Å². The Morgan fingerprint density at radius 2 is 2.00 bits per heavy atom. The fourth-order valence-corrected chi connectivity index (χ4v) is 2.81. The van der Waals surface area contributed by atoms with Crippen LogP contribution >= 0.6 is 0 Å². The van der Waals surface area contributed by atoms with E-state index in [0.29, 0.717) is 6.04 Å². The molecule has 0 aromatic rings. The van der Waals surface area contributed by atoms with E-state index in [4.69, 9.17) is 0 Å². The molecule has 0 aromatic heterocycles. The molecule has 1 fully saturated rings. The Kier molecular flexibility index (Phi) is 4.77. The monoisotopic (exact) mass is 228 g/mol. The number of hydrogen-bond acceptors (Lipinski definition) is 3. The lowest BCUT2D eigenvalue weighted by Gasteiger charge is -2.51. The summed E-state index contributed by atoms with van der Waals surface area (Å²) in [4.78, 5) is 4.82. The lowest BCUT2D eigenvalue weighted by Crippen LogP contribution is -2.64. The molecule has 1 saturated heterocycles. The van der Waals surface area contributed by atoms with Gasteiger partial charge in [0.2, 0.25) is 0 Å². The van der Waals surface area contributed by atoms with Crippen LogP contribution in [0, 0.1) is 5.92 Å². The highest BCUT2D eigenvalue weighted by atomic mass is 16.3. The Hall–Kier alpha value is -0.120. The zero-order chi connectivity index (χ0) is 12.3. The first-order chi connectivity index (χ1) is 7.36. The molecule has 0 bridgehead atoms. The molecular weight excluding hydrogens is 200 g/mol. The largest absolute Gasteiger partial charge is 0.395 e. The number of hydrogen-bond donors (Lipinski definition) is 1. The van der Waals surface area contributed by atoms with Crippen molar-refractivity contribution >= 4 is 0 Å². The molecule has 16 heavy (non-hydrogen) atoms. The third kappa shape index (κ3) is 3.44. The van der Waals surface area contributed by atoms with E-state index in [1.54, 1.807) is 0 Å². The second-order valence-electron chi connectivity index (χ2n) is 6.22. The van der Waals surface area contributed by atoms with Crippen molar-refractivity contribution in [3.05, 3.63) is 0 Å². The molecule has 1 unspecified atom stereocenters. The van der Waals surface area contributed by atoms with Gasteiger partial charge >= 0.3 is 0 Å². The summed E-state index contributed by atoms with van der Waals surface area (Å²) in [6, 6.07) is 0.299. The number of aliphatic hydroxyl groups excluding tert-OH is 1. The van der Waals surface area contributed by atoms with Crippen LogP contribution in [-0.4, -0.2) is 59.8 Å². The van der Waals surface area contributed by atoms with Crippen LogP contribution in [-0.2, 0) is 0 Å². The van der Waals surface area contributed by atoms with Crippen molar-refractivity contribution < 1.29 is 5.11 Å². The van der Waals surface area contributed by atoms with Crippen molar-refractivity contribution in [2.75, 3.05) is 33.3 Å². The maximum atomic E-state index is 9.51. The second-order valence-corrected chi connectivity index (χ2v) is 6.22. The van der Waals surface area contributed by atoms with Crippen LogP contribution in [0.4, 0.5) is 0 Å². The van der Waals surface area contributed by atoms with Gasteiger partial charge in [-0.05, 0) is 39.8 Å². The minimum absolute atomic E-state index is 0.176. The van der Waals surface area contributed by atoms with Gasteiger partial charge < -0.3 is 10.0 Å². The van der Waals surface area contributed by atoms with Gasteiger partial charge in [0.25, 0.3) is 0 Å². The molecule has 0 spiro atoms. The van der Waals surface area contributed by atoms with Gasteiger partial charge in [0, 0.05) is 24.7 Å². The van der Waals surface area contributed by atoms with E-state index in [0.717, 1.165) is 25.6 Å². The Labute approximate surface area is 100 Å². The number of likely N-dealkylation sites (N-methyl/N-ethyl adjacent to an activating group) is 1. The van der Waals surface area contributed by atoms with Crippen molar-refractivity contribution in [2.45, 2.75) is 45.7 Å². The van der Waals surface area contributed by atoms with Gasteiger partial charge in [-0.1, -0.05) is 13.8 Å². The highest BCUT2D eigenvalue weighted by Crippen LogP contribution is 2.25. The van der Waals surface area contributed by atoms with E-state index in [1.165, 1.54) is 6.42 Å². The molecule has 1 aliphatic rings. The molecule has 1 heterocycles. The first-order valence-electron chi connectivity index (χ1n) is 6.43. The maximum Gasteiger partial charge on any atom is 0.0599 e. The average molecular weight is 228 g/mol. The first-order valence-corrected chi connectivity index (χ1v) is 6.43. The van der Waals surface area contributed by atoms with Crippen LogP contribution in [0.3, 0.4) is 0 Å². The standard InChI is InChI=1S/C13H28N2O/c1-11(2)6-7-15-12(9-16)8-14(5)10-13(15,3)4/h11-12,16H,6-10H2,1-5H3. The third-order valence-electron chi connectivity index (χ3n) is 3.56. The van der Waals surface area contributed by atoms with Gasteiger partial charge in [-0.25, -0.2) is 0 Å². The minimum atomic E-state index is 0.176. The molecule has 1 aliphatic heterocycles. The molecule has 1 N–H and O–H groups in total. The predicted octanol–water partition coefficient (Wildman–Crippen LogP) is 1.42. The van der Waals surface area contributed by atoms with Crippen molar-refractivity contribution in [1.29, 1.82) is 0 Å². The molecular formula is C13H28N2O. The zero-order valence-electron chi connectivity index (χ0n) is 11.5. The molecule has 0 radical (unpaired) electrons. The lowest BCUT2D eigenvalue weighted by atomic mass is 9.94.